The highest BCUT2D eigenvalue weighted by atomic mass is 16.3. The average Bonchev–Trinajstić information content (AvgIpc) is 2.51. The third kappa shape index (κ3) is 1.19. The molecule has 0 aliphatic heterocycles. The molecule has 0 N–H and O–H groups in total. The summed E-state index contributed by atoms with van der Waals surface area (Å²) in [4.78, 5) is 0. The molecule has 2 heteroatoms. The lowest BCUT2D eigenvalue weighted by atomic mass is 10.1. The zero-order chi connectivity index (χ0) is 9.26. The van der Waals surface area contributed by atoms with E-state index < -0.39 is 0 Å². The van der Waals surface area contributed by atoms with E-state index in [1.54, 1.807) is 6.26 Å². The molecule has 0 saturated heterocycles. The van der Waals surface area contributed by atoms with Crippen molar-refractivity contribution in [1.29, 1.82) is 5.26 Å². The number of fused-ring (bicyclic) bond motifs is 1. The van der Waals surface area contributed by atoms with Crippen LogP contribution in [0.2, 0.25) is 0 Å². The molecule has 1 aromatic heterocycles. The van der Waals surface area contributed by atoms with E-state index in [1.807, 2.05) is 25.1 Å². The molecule has 0 aliphatic rings. The minimum atomic E-state index is 0.413. The van der Waals surface area contributed by atoms with E-state index in [0.717, 1.165) is 22.1 Å². The molecule has 0 unspecified atom stereocenters. The van der Waals surface area contributed by atoms with Gasteiger partial charge in [0.05, 0.1) is 18.8 Å². The van der Waals surface area contributed by atoms with Gasteiger partial charge in [0.15, 0.2) is 0 Å². The number of hydrogen-bond acceptors (Lipinski definition) is 2. The van der Waals surface area contributed by atoms with E-state index in [9.17, 15) is 0 Å². The number of benzene rings is 1. The Balaban J connectivity index is 2.70. The molecule has 0 amide bonds. The minimum absolute atomic E-state index is 0.413. The summed E-state index contributed by atoms with van der Waals surface area (Å²) in [5, 5.41) is 9.63. The van der Waals surface area contributed by atoms with Crippen LogP contribution in [0.1, 0.15) is 11.1 Å². The highest BCUT2D eigenvalue weighted by Gasteiger charge is 2.05. The Bertz CT molecular complexity index is 476. The molecule has 0 fully saturated rings. The van der Waals surface area contributed by atoms with E-state index in [0.29, 0.717) is 6.42 Å². The molecule has 13 heavy (non-hydrogen) atoms. The second-order valence-corrected chi connectivity index (χ2v) is 3.05. The number of para-hydroxylation sites is 1. The van der Waals surface area contributed by atoms with Crippen LogP contribution in [-0.2, 0) is 6.42 Å². The van der Waals surface area contributed by atoms with E-state index in [-0.39, 0.29) is 0 Å². The Hall–Kier alpha value is -1.75. The maximum absolute atomic E-state index is 8.58. The Morgan fingerprint density at radius 3 is 3.08 bits per heavy atom. The summed E-state index contributed by atoms with van der Waals surface area (Å²) < 4.78 is 5.38. The molecule has 2 rings (SSSR count). The fraction of sp³-hybridized carbons (Fsp3) is 0.182. The van der Waals surface area contributed by atoms with Gasteiger partial charge in [0, 0.05) is 10.9 Å². The van der Waals surface area contributed by atoms with Gasteiger partial charge in [-0.25, -0.2) is 0 Å². The second kappa shape index (κ2) is 2.95. The molecule has 1 aromatic carbocycles. The van der Waals surface area contributed by atoms with Crippen molar-refractivity contribution in [2.45, 2.75) is 13.3 Å². The first kappa shape index (κ1) is 7.88. The van der Waals surface area contributed by atoms with Crippen LogP contribution in [0.3, 0.4) is 0 Å². The molecule has 64 valence electrons. The number of nitriles is 1. The van der Waals surface area contributed by atoms with Crippen LogP contribution in [0, 0.1) is 18.3 Å². The predicted molar refractivity (Wildman–Crippen MR) is 50.3 cm³/mol. The first-order valence-electron chi connectivity index (χ1n) is 4.15. The Labute approximate surface area is 76.4 Å². The van der Waals surface area contributed by atoms with Crippen molar-refractivity contribution in [2.75, 3.05) is 0 Å². The molecule has 2 nitrogen and oxygen atoms in total. The van der Waals surface area contributed by atoms with Crippen molar-refractivity contribution in [1.82, 2.24) is 0 Å². The van der Waals surface area contributed by atoms with Gasteiger partial charge in [-0.2, -0.15) is 5.26 Å². The van der Waals surface area contributed by atoms with Crippen molar-refractivity contribution in [3.63, 3.8) is 0 Å². The van der Waals surface area contributed by atoms with Gasteiger partial charge < -0.3 is 4.42 Å². The zero-order valence-corrected chi connectivity index (χ0v) is 7.37. The lowest BCUT2D eigenvalue weighted by Gasteiger charge is -1.93. The van der Waals surface area contributed by atoms with Crippen LogP contribution in [0.15, 0.2) is 28.9 Å². The first-order valence-corrected chi connectivity index (χ1v) is 4.15. The molecule has 0 atom stereocenters. The van der Waals surface area contributed by atoms with Gasteiger partial charge in [-0.15, -0.1) is 0 Å². The van der Waals surface area contributed by atoms with Gasteiger partial charge in [-0.05, 0) is 12.5 Å². The van der Waals surface area contributed by atoms with E-state index in [2.05, 4.69) is 6.07 Å². The topological polar surface area (TPSA) is 36.9 Å². The predicted octanol–water partition coefficient (Wildman–Crippen LogP) is 2.81. The van der Waals surface area contributed by atoms with E-state index >= 15 is 0 Å². The van der Waals surface area contributed by atoms with Crippen molar-refractivity contribution < 1.29 is 4.42 Å². The van der Waals surface area contributed by atoms with Crippen molar-refractivity contribution >= 4 is 11.0 Å². The Kier molecular flexibility index (Phi) is 1.79. The minimum Gasteiger partial charge on any atom is -0.464 e. The third-order valence-corrected chi connectivity index (χ3v) is 2.15. The number of rotatable bonds is 1. The van der Waals surface area contributed by atoms with Gasteiger partial charge in [-0.1, -0.05) is 18.2 Å². The van der Waals surface area contributed by atoms with Gasteiger partial charge in [0.25, 0.3) is 0 Å². The fourth-order valence-corrected chi connectivity index (χ4v) is 1.48. The molecule has 0 aliphatic carbocycles. The van der Waals surface area contributed by atoms with Crippen molar-refractivity contribution in [3.8, 4) is 6.07 Å². The van der Waals surface area contributed by atoms with Crippen LogP contribution in [0.5, 0.6) is 0 Å². The summed E-state index contributed by atoms with van der Waals surface area (Å²) in [5.74, 6) is 0. The van der Waals surface area contributed by atoms with Crippen LogP contribution in [0.4, 0.5) is 0 Å². The van der Waals surface area contributed by atoms with Crippen LogP contribution < -0.4 is 0 Å². The molecular formula is C11H9NO. The summed E-state index contributed by atoms with van der Waals surface area (Å²) in [6.45, 7) is 2.00. The number of furan rings is 1. The largest absolute Gasteiger partial charge is 0.464 e. The van der Waals surface area contributed by atoms with Gasteiger partial charge >= 0.3 is 0 Å². The summed E-state index contributed by atoms with van der Waals surface area (Å²) in [7, 11) is 0. The normalized spacial score (nSPS) is 10.2. The maximum Gasteiger partial charge on any atom is 0.137 e. The van der Waals surface area contributed by atoms with Gasteiger partial charge in [0.1, 0.15) is 5.58 Å². The van der Waals surface area contributed by atoms with Crippen LogP contribution >= 0.6 is 0 Å². The zero-order valence-electron chi connectivity index (χ0n) is 7.37. The SMILES string of the molecule is Cc1cccc2c(CC#N)coc12. The highest BCUT2D eigenvalue weighted by molar-refractivity contribution is 5.83. The lowest BCUT2D eigenvalue weighted by Crippen LogP contribution is -1.78. The summed E-state index contributed by atoms with van der Waals surface area (Å²) >= 11 is 0. The smallest absolute Gasteiger partial charge is 0.137 e. The molecule has 0 spiro atoms. The highest BCUT2D eigenvalue weighted by Crippen LogP contribution is 2.23. The molecule has 0 radical (unpaired) electrons. The van der Waals surface area contributed by atoms with Gasteiger partial charge in [-0.3, -0.25) is 0 Å². The third-order valence-electron chi connectivity index (χ3n) is 2.15. The number of nitrogens with zero attached hydrogens (tertiary/aromatic N) is 1. The first-order chi connectivity index (χ1) is 6.33. The average molecular weight is 171 g/mol. The summed E-state index contributed by atoms with van der Waals surface area (Å²) in [5.41, 5.74) is 2.98. The second-order valence-electron chi connectivity index (χ2n) is 3.05. The van der Waals surface area contributed by atoms with Crippen molar-refractivity contribution in [3.05, 3.63) is 35.6 Å². The standard InChI is InChI=1S/C11H9NO/c1-8-3-2-4-10-9(5-6-12)7-13-11(8)10/h2-4,7H,5H2,1H3. The van der Waals surface area contributed by atoms with E-state index in [1.165, 1.54) is 0 Å². The molecular weight excluding hydrogens is 162 g/mol. The van der Waals surface area contributed by atoms with Gasteiger partial charge in [0.2, 0.25) is 0 Å². The lowest BCUT2D eigenvalue weighted by molar-refractivity contribution is 0.609. The Morgan fingerprint density at radius 2 is 2.31 bits per heavy atom. The molecule has 0 bridgehead atoms. The molecule has 2 aromatic rings. The van der Waals surface area contributed by atoms with E-state index in [4.69, 9.17) is 9.68 Å². The summed E-state index contributed by atoms with van der Waals surface area (Å²) in [6.07, 6.45) is 2.08. The number of hydrogen-bond donors (Lipinski definition) is 0. The Morgan fingerprint density at radius 1 is 1.46 bits per heavy atom. The van der Waals surface area contributed by atoms with Crippen LogP contribution in [0.25, 0.3) is 11.0 Å². The summed E-state index contributed by atoms with van der Waals surface area (Å²) in [6, 6.07) is 8.09. The molecule has 1 heterocycles. The van der Waals surface area contributed by atoms with Crippen molar-refractivity contribution in [2.24, 2.45) is 0 Å². The number of aryl methyl sites for hydroxylation is 1. The quantitative estimate of drug-likeness (QED) is 0.661. The monoisotopic (exact) mass is 171 g/mol. The maximum atomic E-state index is 8.58. The fourth-order valence-electron chi connectivity index (χ4n) is 1.48. The molecule has 0 saturated carbocycles. The van der Waals surface area contributed by atoms with Crippen LogP contribution in [-0.4, -0.2) is 0 Å².